The van der Waals surface area contributed by atoms with E-state index in [1.807, 2.05) is 18.2 Å². The van der Waals surface area contributed by atoms with E-state index in [2.05, 4.69) is 30.7 Å². The summed E-state index contributed by atoms with van der Waals surface area (Å²) in [5, 5.41) is 0. The average Bonchev–Trinajstić information content (AvgIpc) is 2.26. The number of nitrogens with zero attached hydrogens (tertiary/aromatic N) is 2. The Bertz CT molecular complexity index is 333. The van der Waals surface area contributed by atoms with Crippen LogP contribution < -0.4 is 4.74 Å². The Hall–Kier alpha value is -1.09. The van der Waals surface area contributed by atoms with Crippen LogP contribution in [0.4, 0.5) is 0 Å². The molecular formula is C13H20N2O. The number of hydrogen-bond donors (Lipinski definition) is 0. The van der Waals surface area contributed by atoms with Crippen LogP contribution in [0, 0.1) is 0 Å². The summed E-state index contributed by atoms with van der Waals surface area (Å²) in [6, 6.07) is 6.43. The first kappa shape index (κ1) is 11.4. The zero-order valence-electron chi connectivity index (χ0n) is 10.3. The number of hydrogen-bond acceptors (Lipinski definition) is 3. The molecule has 1 aromatic rings. The van der Waals surface area contributed by atoms with Gasteiger partial charge in [0.15, 0.2) is 0 Å². The molecule has 3 heteroatoms. The number of aromatic nitrogens is 1. The lowest BCUT2D eigenvalue weighted by molar-refractivity contribution is -0.0833. The minimum absolute atomic E-state index is 0.0578. The topological polar surface area (TPSA) is 25.4 Å². The smallest absolute Gasteiger partial charge is 0.213 e. The van der Waals surface area contributed by atoms with Crippen molar-refractivity contribution in [3.05, 3.63) is 24.4 Å². The maximum Gasteiger partial charge on any atom is 0.213 e. The molecule has 3 nitrogen and oxygen atoms in total. The molecule has 1 atom stereocenters. The second kappa shape index (κ2) is 4.42. The Morgan fingerprint density at radius 2 is 2.25 bits per heavy atom. The maximum absolute atomic E-state index is 5.91. The van der Waals surface area contributed by atoms with Gasteiger partial charge < -0.3 is 4.74 Å². The second-order valence-electron chi connectivity index (χ2n) is 4.88. The van der Waals surface area contributed by atoms with Gasteiger partial charge in [-0.2, -0.15) is 0 Å². The van der Waals surface area contributed by atoms with Crippen molar-refractivity contribution >= 4 is 0 Å². The van der Waals surface area contributed by atoms with Crippen LogP contribution in [0.15, 0.2) is 24.4 Å². The molecule has 0 saturated carbocycles. The summed E-state index contributed by atoms with van der Waals surface area (Å²) in [5.74, 6) is 0.730. The molecule has 1 unspecified atom stereocenters. The summed E-state index contributed by atoms with van der Waals surface area (Å²) in [7, 11) is 0. The zero-order valence-corrected chi connectivity index (χ0v) is 10.3. The van der Waals surface area contributed by atoms with Crippen molar-refractivity contribution in [1.82, 2.24) is 9.88 Å². The van der Waals surface area contributed by atoms with Crippen LogP contribution in [-0.4, -0.2) is 34.6 Å². The summed E-state index contributed by atoms with van der Waals surface area (Å²) in [6.07, 6.45) is 2.96. The fraction of sp³-hybridized carbons (Fsp3) is 0.615. The molecule has 1 saturated heterocycles. The zero-order chi connectivity index (χ0) is 11.6. The molecule has 88 valence electrons. The highest BCUT2D eigenvalue weighted by Gasteiger charge is 2.42. The largest absolute Gasteiger partial charge is 0.469 e. The Labute approximate surface area is 97.4 Å². The third-order valence-corrected chi connectivity index (χ3v) is 3.28. The van der Waals surface area contributed by atoms with Crippen LogP contribution >= 0.6 is 0 Å². The van der Waals surface area contributed by atoms with Crippen LogP contribution in [0.5, 0.6) is 5.88 Å². The molecule has 1 aliphatic heterocycles. The number of likely N-dealkylation sites (tertiary alicyclic amines) is 1. The molecular weight excluding hydrogens is 200 g/mol. The Morgan fingerprint density at radius 3 is 2.81 bits per heavy atom. The fourth-order valence-corrected chi connectivity index (χ4v) is 2.11. The van der Waals surface area contributed by atoms with Crippen LogP contribution in [0.1, 0.15) is 27.2 Å². The fourth-order valence-electron chi connectivity index (χ4n) is 2.11. The van der Waals surface area contributed by atoms with Gasteiger partial charge in [-0.25, -0.2) is 4.98 Å². The van der Waals surface area contributed by atoms with Gasteiger partial charge in [0, 0.05) is 31.4 Å². The van der Waals surface area contributed by atoms with E-state index in [0.29, 0.717) is 6.04 Å². The highest BCUT2D eigenvalue weighted by atomic mass is 16.5. The summed E-state index contributed by atoms with van der Waals surface area (Å²) in [4.78, 5) is 6.64. The van der Waals surface area contributed by atoms with Crippen LogP contribution in [0.3, 0.4) is 0 Å². The molecule has 1 fully saturated rings. The predicted molar refractivity (Wildman–Crippen MR) is 64.6 cm³/mol. The lowest BCUT2D eigenvalue weighted by atomic mass is 9.94. The lowest BCUT2D eigenvalue weighted by Crippen LogP contribution is -2.65. The first-order valence-corrected chi connectivity index (χ1v) is 5.97. The van der Waals surface area contributed by atoms with Crippen LogP contribution in [0.2, 0.25) is 0 Å². The Balaban J connectivity index is 1.89. The highest BCUT2D eigenvalue weighted by molar-refractivity contribution is 5.12. The standard InChI is InChI=1S/C13H20N2O/c1-4-11(2)15-9-13(3,10-15)16-12-7-5-6-8-14-12/h5-8,11H,4,9-10H2,1-3H3. The van der Waals surface area contributed by atoms with Crippen LogP contribution in [-0.2, 0) is 0 Å². The molecule has 0 aliphatic carbocycles. The van der Waals surface area contributed by atoms with Gasteiger partial charge in [0.25, 0.3) is 0 Å². The van der Waals surface area contributed by atoms with Gasteiger partial charge in [-0.3, -0.25) is 4.90 Å². The van der Waals surface area contributed by atoms with Gasteiger partial charge in [-0.05, 0) is 26.3 Å². The summed E-state index contributed by atoms with van der Waals surface area (Å²) < 4.78 is 5.91. The van der Waals surface area contributed by atoms with E-state index in [0.717, 1.165) is 19.0 Å². The molecule has 0 spiro atoms. The Kier molecular flexibility index (Phi) is 3.15. The van der Waals surface area contributed by atoms with Crippen molar-refractivity contribution in [3.8, 4) is 5.88 Å². The summed E-state index contributed by atoms with van der Waals surface area (Å²) in [5.41, 5.74) is -0.0578. The van der Waals surface area contributed by atoms with Crippen molar-refractivity contribution in [2.24, 2.45) is 0 Å². The molecule has 0 N–H and O–H groups in total. The first-order chi connectivity index (χ1) is 7.63. The molecule has 0 radical (unpaired) electrons. The first-order valence-electron chi connectivity index (χ1n) is 5.97. The van der Waals surface area contributed by atoms with E-state index in [1.54, 1.807) is 6.20 Å². The maximum atomic E-state index is 5.91. The SMILES string of the molecule is CCC(C)N1CC(C)(Oc2ccccn2)C1. The minimum Gasteiger partial charge on any atom is -0.469 e. The number of pyridine rings is 1. The van der Waals surface area contributed by atoms with Crippen molar-refractivity contribution in [3.63, 3.8) is 0 Å². The van der Waals surface area contributed by atoms with Crippen LogP contribution in [0.25, 0.3) is 0 Å². The van der Waals surface area contributed by atoms with Crippen molar-refractivity contribution in [1.29, 1.82) is 0 Å². The third kappa shape index (κ3) is 2.35. The molecule has 1 aromatic heterocycles. The highest BCUT2D eigenvalue weighted by Crippen LogP contribution is 2.28. The van der Waals surface area contributed by atoms with E-state index in [1.165, 1.54) is 6.42 Å². The summed E-state index contributed by atoms with van der Waals surface area (Å²) in [6.45, 7) is 8.64. The van der Waals surface area contributed by atoms with Crippen molar-refractivity contribution < 1.29 is 4.74 Å². The van der Waals surface area contributed by atoms with Gasteiger partial charge in [0.1, 0.15) is 5.60 Å². The van der Waals surface area contributed by atoms with Gasteiger partial charge in [-0.15, -0.1) is 0 Å². The number of ether oxygens (including phenoxy) is 1. The molecule has 2 heterocycles. The van der Waals surface area contributed by atoms with Gasteiger partial charge in [0.05, 0.1) is 0 Å². The van der Waals surface area contributed by atoms with Crippen molar-refractivity contribution in [2.75, 3.05) is 13.1 Å². The van der Waals surface area contributed by atoms with Gasteiger partial charge >= 0.3 is 0 Å². The van der Waals surface area contributed by atoms with E-state index in [-0.39, 0.29) is 5.60 Å². The average molecular weight is 220 g/mol. The molecule has 16 heavy (non-hydrogen) atoms. The molecule has 0 aromatic carbocycles. The quantitative estimate of drug-likeness (QED) is 0.778. The number of rotatable bonds is 4. The van der Waals surface area contributed by atoms with E-state index in [9.17, 15) is 0 Å². The van der Waals surface area contributed by atoms with E-state index in [4.69, 9.17) is 4.74 Å². The minimum atomic E-state index is -0.0578. The predicted octanol–water partition coefficient (Wildman–Crippen LogP) is 2.33. The summed E-state index contributed by atoms with van der Waals surface area (Å²) >= 11 is 0. The van der Waals surface area contributed by atoms with Crippen molar-refractivity contribution in [2.45, 2.75) is 38.8 Å². The monoisotopic (exact) mass is 220 g/mol. The lowest BCUT2D eigenvalue weighted by Gasteiger charge is -2.49. The molecule has 0 amide bonds. The Morgan fingerprint density at radius 1 is 1.50 bits per heavy atom. The van der Waals surface area contributed by atoms with E-state index < -0.39 is 0 Å². The molecule has 1 aliphatic rings. The van der Waals surface area contributed by atoms with E-state index >= 15 is 0 Å². The van der Waals surface area contributed by atoms with Gasteiger partial charge in [0.2, 0.25) is 5.88 Å². The molecule has 0 bridgehead atoms. The van der Waals surface area contributed by atoms with Gasteiger partial charge in [-0.1, -0.05) is 13.0 Å². The molecule has 2 rings (SSSR count). The normalized spacial score (nSPS) is 21.2. The third-order valence-electron chi connectivity index (χ3n) is 3.28. The second-order valence-corrected chi connectivity index (χ2v) is 4.88.